The highest BCUT2D eigenvalue weighted by molar-refractivity contribution is 5.79. The van der Waals surface area contributed by atoms with Crippen LogP contribution in [0.2, 0.25) is 0 Å². The fourth-order valence-electron chi connectivity index (χ4n) is 3.47. The molecule has 1 aliphatic rings. The summed E-state index contributed by atoms with van der Waals surface area (Å²) in [5, 5.41) is 8.52. The van der Waals surface area contributed by atoms with Crippen molar-refractivity contribution in [1.82, 2.24) is 0 Å². The summed E-state index contributed by atoms with van der Waals surface area (Å²) < 4.78 is 14.1. The third-order valence-electron chi connectivity index (χ3n) is 4.82. The highest BCUT2D eigenvalue weighted by Gasteiger charge is 2.33. The van der Waals surface area contributed by atoms with Crippen LogP contribution in [0.5, 0.6) is 0 Å². The summed E-state index contributed by atoms with van der Waals surface area (Å²) >= 11 is 0. The molecule has 0 spiro atoms. The van der Waals surface area contributed by atoms with Crippen molar-refractivity contribution in [3.8, 4) is 0 Å². The molecule has 1 N–H and O–H groups in total. The first-order valence-corrected chi connectivity index (χ1v) is 9.35. The average Bonchev–Trinajstić information content (AvgIpc) is 2.86. The van der Waals surface area contributed by atoms with Crippen molar-refractivity contribution in [3.05, 3.63) is 24.3 Å². The number of halogens is 1. The number of alkyl halides is 1. The molecule has 0 radical (unpaired) electrons. The van der Waals surface area contributed by atoms with Crippen LogP contribution in [-0.4, -0.2) is 17.2 Å². The maximum Gasteiger partial charge on any atom is 0.327 e. The minimum absolute atomic E-state index is 0.172. The van der Waals surface area contributed by atoms with E-state index in [1.54, 1.807) is 6.08 Å². The second kappa shape index (κ2) is 12.3. The molecule has 0 aromatic carbocycles. The van der Waals surface area contributed by atoms with Gasteiger partial charge in [-0.3, -0.25) is 0 Å². The Kier molecular flexibility index (Phi) is 10.7. The molecule has 1 unspecified atom stereocenters. The standard InChI is InChI=1S/C20H33FO2/c1-2-3-4-5-6-9-12-17-15-16-19(21)18(17)13-10-7-8-11-14-20(22)23/h9,11-12,14,17-19H,2-8,10,13,15-16H2,1H3,(H,22,23)/t17-,18+,19?/m0/s1. The molecule has 0 aromatic heterocycles. The first-order valence-electron chi connectivity index (χ1n) is 9.35. The maximum absolute atomic E-state index is 14.1. The molecule has 1 aliphatic carbocycles. The third kappa shape index (κ3) is 8.92. The Hall–Kier alpha value is -1.12. The van der Waals surface area contributed by atoms with Crippen LogP contribution in [0.1, 0.15) is 77.6 Å². The SMILES string of the molecule is CCCCCCC=C[C@H]1CCC(F)[C@@H]1CCCCC=CC(=O)O. The summed E-state index contributed by atoms with van der Waals surface area (Å²) in [5.74, 6) is -0.315. The van der Waals surface area contributed by atoms with Crippen LogP contribution >= 0.6 is 0 Å². The van der Waals surface area contributed by atoms with Gasteiger partial charge in [-0.05, 0) is 56.8 Å². The van der Waals surface area contributed by atoms with Crippen molar-refractivity contribution in [2.75, 3.05) is 0 Å². The molecule has 1 saturated carbocycles. The highest BCUT2D eigenvalue weighted by Crippen LogP contribution is 2.38. The van der Waals surface area contributed by atoms with Gasteiger partial charge in [-0.2, -0.15) is 0 Å². The quantitative estimate of drug-likeness (QED) is 0.268. The largest absolute Gasteiger partial charge is 0.478 e. The first-order chi connectivity index (χ1) is 11.1. The minimum atomic E-state index is -0.895. The zero-order valence-corrected chi connectivity index (χ0v) is 14.6. The van der Waals surface area contributed by atoms with Gasteiger partial charge in [-0.1, -0.05) is 50.8 Å². The Labute approximate surface area is 140 Å². The van der Waals surface area contributed by atoms with E-state index in [9.17, 15) is 9.18 Å². The van der Waals surface area contributed by atoms with Crippen molar-refractivity contribution < 1.29 is 14.3 Å². The Morgan fingerprint density at radius 1 is 1.09 bits per heavy atom. The molecule has 0 bridgehead atoms. The molecular formula is C20H33FO2. The fraction of sp³-hybridized carbons (Fsp3) is 0.750. The first kappa shape index (κ1) is 19.9. The smallest absolute Gasteiger partial charge is 0.327 e. The second-order valence-electron chi connectivity index (χ2n) is 6.72. The highest BCUT2D eigenvalue weighted by atomic mass is 19.1. The van der Waals surface area contributed by atoms with E-state index in [4.69, 9.17) is 5.11 Å². The van der Waals surface area contributed by atoms with Crippen LogP contribution < -0.4 is 0 Å². The van der Waals surface area contributed by atoms with Gasteiger partial charge < -0.3 is 5.11 Å². The van der Waals surface area contributed by atoms with Gasteiger partial charge in [0.25, 0.3) is 0 Å². The van der Waals surface area contributed by atoms with E-state index in [1.807, 2.05) is 0 Å². The van der Waals surface area contributed by atoms with Crippen LogP contribution in [0.25, 0.3) is 0 Å². The minimum Gasteiger partial charge on any atom is -0.478 e. The molecule has 132 valence electrons. The van der Waals surface area contributed by atoms with Gasteiger partial charge >= 0.3 is 5.97 Å². The van der Waals surface area contributed by atoms with E-state index in [-0.39, 0.29) is 5.92 Å². The van der Waals surface area contributed by atoms with E-state index in [1.165, 1.54) is 31.8 Å². The summed E-state index contributed by atoms with van der Waals surface area (Å²) in [6, 6.07) is 0. The van der Waals surface area contributed by atoms with E-state index in [0.29, 0.717) is 12.3 Å². The van der Waals surface area contributed by atoms with Crippen molar-refractivity contribution in [2.24, 2.45) is 11.8 Å². The molecule has 3 atom stereocenters. The molecule has 2 nitrogen and oxygen atoms in total. The lowest BCUT2D eigenvalue weighted by Crippen LogP contribution is -2.14. The maximum atomic E-state index is 14.1. The molecular weight excluding hydrogens is 291 g/mol. The lowest BCUT2D eigenvalue weighted by Gasteiger charge is -2.18. The molecule has 3 heteroatoms. The van der Waals surface area contributed by atoms with Crippen LogP contribution in [-0.2, 0) is 4.79 Å². The zero-order valence-electron chi connectivity index (χ0n) is 14.6. The Morgan fingerprint density at radius 2 is 1.83 bits per heavy atom. The number of allylic oxidation sites excluding steroid dienone is 3. The van der Waals surface area contributed by atoms with Gasteiger partial charge in [0, 0.05) is 6.08 Å². The van der Waals surface area contributed by atoms with Crippen molar-refractivity contribution in [2.45, 2.75) is 83.7 Å². The lowest BCUT2D eigenvalue weighted by atomic mass is 9.89. The predicted octanol–water partition coefficient (Wildman–Crippen LogP) is 6.08. The molecule has 0 amide bonds. The van der Waals surface area contributed by atoms with Crippen LogP contribution in [0.15, 0.2) is 24.3 Å². The van der Waals surface area contributed by atoms with Gasteiger partial charge in [0.15, 0.2) is 0 Å². The van der Waals surface area contributed by atoms with Crippen LogP contribution in [0.3, 0.4) is 0 Å². The summed E-state index contributed by atoms with van der Waals surface area (Å²) in [4.78, 5) is 10.4. The predicted molar refractivity (Wildman–Crippen MR) is 94.3 cm³/mol. The Bertz CT molecular complexity index is 376. The number of hydrogen-bond donors (Lipinski definition) is 1. The summed E-state index contributed by atoms with van der Waals surface area (Å²) in [7, 11) is 0. The number of hydrogen-bond acceptors (Lipinski definition) is 1. The monoisotopic (exact) mass is 324 g/mol. The molecule has 0 aromatic rings. The van der Waals surface area contributed by atoms with Crippen molar-refractivity contribution in [3.63, 3.8) is 0 Å². The zero-order chi connectivity index (χ0) is 16.9. The number of rotatable bonds is 12. The van der Waals surface area contributed by atoms with Crippen molar-refractivity contribution in [1.29, 1.82) is 0 Å². The number of carbonyl (C=O) groups is 1. The van der Waals surface area contributed by atoms with E-state index < -0.39 is 12.1 Å². The lowest BCUT2D eigenvalue weighted by molar-refractivity contribution is -0.131. The summed E-state index contributed by atoms with van der Waals surface area (Å²) in [6.07, 6.45) is 18.3. The van der Waals surface area contributed by atoms with Gasteiger partial charge in [0.2, 0.25) is 0 Å². The number of carboxylic acid groups (broad SMARTS) is 1. The molecule has 1 rings (SSSR count). The van der Waals surface area contributed by atoms with E-state index in [0.717, 1.165) is 38.5 Å². The number of carboxylic acids is 1. The molecule has 23 heavy (non-hydrogen) atoms. The van der Waals surface area contributed by atoms with Crippen molar-refractivity contribution >= 4 is 5.97 Å². The number of aliphatic carboxylic acids is 1. The molecule has 1 fully saturated rings. The summed E-state index contributed by atoms with van der Waals surface area (Å²) in [6.45, 7) is 2.22. The molecule has 0 saturated heterocycles. The van der Waals surface area contributed by atoms with Crippen LogP contribution in [0.4, 0.5) is 4.39 Å². The topological polar surface area (TPSA) is 37.3 Å². The van der Waals surface area contributed by atoms with E-state index >= 15 is 0 Å². The Morgan fingerprint density at radius 3 is 2.57 bits per heavy atom. The number of unbranched alkanes of at least 4 members (excludes halogenated alkanes) is 6. The van der Waals surface area contributed by atoms with Gasteiger partial charge in [0.1, 0.15) is 6.17 Å². The Balaban J connectivity index is 2.22. The van der Waals surface area contributed by atoms with Gasteiger partial charge in [-0.25, -0.2) is 9.18 Å². The summed E-state index contributed by atoms with van der Waals surface area (Å²) in [5.41, 5.74) is 0. The second-order valence-corrected chi connectivity index (χ2v) is 6.72. The van der Waals surface area contributed by atoms with Gasteiger partial charge in [0.05, 0.1) is 0 Å². The molecule has 0 aliphatic heterocycles. The van der Waals surface area contributed by atoms with Gasteiger partial charge in [-0.15, -0.1) is 0 Å². The molecule has 0 heterocycles. The average molecular weight is 324 g/mol. The van der Waals surface area contributed by atoms with E-state index in [2.05, 4.69) is 19.1 Å². The third-order valence-corrected chi connectivity index (χ3v) is 4.82. The normalized spacial score (nSPS) is 24.9. The fourth-order valence-corrected chi connectivity index (χ4v) is 3.47. The van der Waals surface area contributed by atoms with Crippen LogP contribution in [0, 0.1) is 11.8 Å².